The van der Waals surface area contributed by atoms with Crippen LogP contribution in [0.15, 0.2) is 41.2 Å². The molecule has 0 spiro atoms. The summed E-state index contributed by atoms with van der Waals surface area (Å²) in [5.74, 6) is 0.914. The molecule has 2 N–H and O–H groups in total. The molecule has 20 heavy (non-hydrogen) atoms. The molecule has 1 aromatic heterocycles. The summed E-state index contributed by atoms with van der Waals surface area (Å²) < 4.78 is 0. The number of rotatable bonds is 2. The van der Waals surface area contributed by atoms with Crippen LogP contribution in [0.2, 0.25) is 0 Å². The molecule has 4 nitrogen and oxygen atoms in total. The predicted molar refractivity (Wildman–Crippen MR) is 82.3 cm³/mol. The lowest BCUT2D eigenvalue weighted by Gasteiger charge is -2.29. The molecule has 0 amide bonds. The van der Waals surface area contributed by atoms with Crippen molar-refractivity contribution in [2.75, 3.05) is 31.1 Å². The number of pyridine rings is 1. The second kappa shape index (κ2) is 5.51. The summed E-state index contributed by atoms with van der Waals surface area (Å²) in [7, 11) is 0. The lowest BCUT2D eigenvalue weighted by molar-refractivity contribution is 0.584. The minimum atomic E-state index is -0.0423. The van der Waals surface area contributed by atoms with Crippen molar-refractivity contribution in [3.63, 3.8) is 0 Å². The Morgan fingerprint density at radius 1 is 1.10 bits per heavy atom. The van der Waals surface area contributed by atoms with Crippen LogP contribution in [0.5, 0.6) is 0 Å². The summed E-state index contributed by atoms with van der Waals surface area (Å²) in [6.45, 7) is 5.83. The molecule has 2 heterocycles. The average Bonchev–Trinajstić information content (AvgIpc) is 2.48. The molecule has 1 aliphatic rings. The number of piperazine rings is 1. The van der Waals surface area contributed by atoms with E-state index in [4.69, 9.17) is 0 Å². The van der Waals surface area contributed by atoms with E-state index in [9.17, 15) is 4.79 Å². The van der Waals surface area contributed by atoms with Crippen molar-refractivity contribution in [2.45, 2.75) is 6.92 Å². The van der Waals surface area contributed by atoms with Crippen molar-refractivity contribution >= 4 is 5.82 Å². The van der Waals surface area contributed by atoms with Crippen LogP contribution < -0.4 is 15.8 Å². The molecule has 2 aromatic rings. The Labute approximate surface area is 118 Å². The monoisotopic (exact) mass is 269 g/mol. The van der Waals surface area contributed by atoms with Gasteiger partial charge in [0.2, 0.25) is 5.56 Å². The lowest BCUT2D eigenvalue weighted by Crippen LogP contribution is -2.44. The molecule has 0 unspecified atom stereocenters. The average molecular weight is 269 g/mol. The number of aromatic amines is 1. The van der Waals surface area contributed by atoms with Gasteiger partial charge < -0.3 is 15.2 Å². The molecule has 0 radical (unpaired) electrons. The third kappa shape index (κ3) is 2.60. The summed E-state index contributed by atoms with van der Waals surface area (Å²) in [5, 5.41) is 3.32. The van der Waals surface area contributed by atoms with Crippen molar-refractivity contribution in [2.24, 2.45) is 0 Å². The molecule has 0 saturated carbocycles. The topological polar surface area (TPSA) is 48.1 Å². The van der Waals surface area contributed by atoms with Crippen molar-refractivity contribution in [1.29, 1.82) is 0 Å². The van der Waals surface area contributed by atoms with E-state index in [1.807, 2.05) is 12.1 Å². The highest BCUT2D eigenvalue weighted by molar-refractivity contribution is 5.69. The first kappa shape index (κ1) is 12.9. The van der Waals surface area contributed by atoms with Gasteiger partial charge in [-0.25, -0.2) is 0 Å². The molecule has 3 rings (SSSR count). The Bertz CT molecular complexity index is 657. The Kier molecular flexibility index (Phi) is 3.56. The van der Waals surface area contributed by atoms with Gasteiger partial charge in [-0.05, 0) is 29.7 Å². The van der Waals surface area contributed by atoms with Gasteiger partial charge in [0.05, 0.1) is 0 Å². The number of benzene rings is 1. The Balaban J connectivity index is 2.02. The van der Waals surface area contributed by atoms with E-state index in [0.29, 0.717) is 0 Å². The van der Waals surface area contributed by atoms with Crippen LogP contribution in [-0.4, -0.2) is 31.2 Å². The maximum Gasteiger partial charge on any atom is 0.250 e. The van der Waals surface area contributed by atoms with Gasteiger partial charge in [0.25, 0.3) is 0 Å². The van der Waals surface area contributed by atoms with E-state index in [1.54, 1.807) is 6.07 Å². The SMILES string of the molecule is Cc1ccccc1-c1cc(N2CCNCC2)[nH]c(=O)c1. The van der Waals surface area contributed by atoms with Crippen molar-refractivity contribution in [3.8, 4) is 11.1 Å². The largest absolute Gasteiger partial charge is 0.356 e. The molecule has 4 heteroatoms. The van der Waals surface area contributed by atoms with Gasteiger partial charge in [0.1, 0.15) is 5.82 Å². The van der Waals surface area contributed by atoms with E-state index in [0.717, 1.165) is 43.1 Å². The van der Waals surface area contributed by atoms with E-state index in [-0.39, 0.29) is 5.56 Å². The Hall–Kier alpha value is -2.07. The summed E-state index contributed by atoms with van der Waals surface area (Å²) in [6, 6.07) is 11.9. The molecular weight excluding hydrogens is 250 g/mol. The quantitative estimate of drug-likeness (QED) is 0.873. The highest BCUT2D eigenvalue weighted by Gasteiger charge is 2.13. The van der Waals surface area contributed by atoms with Crippen LogP contribution in [0.3, 0.4) is 0 Å². The molecule has 1 aromatic carbocycles. The van der Waals surface area contributed by atoms with Crippen molar-refractivity contribution in [3.05, 3.63) is 52.3 Å². The van der Waals surface area contributed by atoms with Gasteiger partial charge in [0.15, 0.2) is 0 Å². The number of nitrogens with one attached hydrogen (secondary N) is 2. The van der Waals surface area contributed by atoms with Gasteiger partial charge >= 0.3 is 0 Å². The van der Waals surface area contributed by atoms with Crippen LogP contribution in [0.4, 0.5) is 5.82 Å². The molecule has 0 aliphatic carbocycles. The first-order valence-corrected chi connectivity index (χ1v) is 7.00. The molecular formula is C16H19N3O. The fraction of sp³-hybridized carbons (Fsp3) is 0.312. The van der Waals surface area contributed by atoms with E-state index < -0.39 is 0 Å². The molecule has 104 valence electrons. The van der Waals surface area contributed by atoms with Crippen LogP contribution in [0.25, 0.3) is 11.1 Å². The maximum atomic E-state index is 11.9. The Morgan fingerprint density at radius 2 is 1.85 bits per heavy atom. The number of hydrogen-bond donors (Lipinski definition) is 2. The molecule has 0 bridgehead atoms. The van der Waals surface area contributed by atoms with Gasteiger partial charge in [-0.1, -0.05) is 24.3 Å². The van der Waals surface area contributed by atoms with Gasteiger partial charge in [-0.3, -0.25) is 4.79 Å². The number of aryl methyl sites for hydroxylation is 1. The number of hydrogen-bond acceptors (Lipinski definition) is 3. The molecule has 1 aliphatic heterocycles. The number of aromatic nitrogens is 1. The highest BCUT2D eigenvalue weighted by Crippen LogP contribution is 2.24. The zero-order valence-corrected chi connectivity index (χ0v) is 11.6. The van der Waals surface area contributed by atoms with Gasteiger partial charge in [-0.15, -0.1) is 0 Å². The van der Waals surface area contributed by atoms with Crippen molar-refractivity contribution in [1.82, 2.24) is 10.3 Å². The molecule has 1 fully saturated rings. The standard InChI is InChI=1S/C16H19N3O/c1-12-4-2-3-5-14(12)13-10-15(18-16(20)11-13)19-8-6-17-7-9-19/h2-5,10-11,17H,6-9H2,1H3,(H,18,20). The smallest absolute Gasteiger partial charge is 0.250 e. The number of anilines is 1. The predicted octanol–water partition coefficient (Wildman–Crippen LogP) is 1.76. The normalized spacial score (nSPS) is 15.3. The van der Waals surface area contributed by atoms with E-state index in [2.05, 4.69) is 40.3 Å². The first-order chi connectivity index (χ1) is 9.74. The summed E-state index contributed by atoms with van der Waals surface area (Å²) >= 11 is 0. The summed E-state index contributed by atoms with van der Waals surface area (Å²) in [5.41, 5.74) is 3.25. The highest BCUT2D eigenvalue weighted by atomic mass is 16.1. The maximum absolute atomic E-state index is 11.9. The van der Waals surface area contributed by atoms with Crippen LogP contribution >= 0.6 is 0 Å². The molecule has 1 saturated heterocycles. The summed E-state index contributed by atoms with van der Waals surface area (Å²) in [6.07, 6.45) is 0. The second-order valence-electron chi connectivity index (χ2n) is 5.17. The lowest BCUT2D eigenvalue weighted by atomic mass is 10.0. The van der Waals surface area contributed by atoms with Crippen LogP contribution in [0.1, 0.15) is 5.56 Å². The number of H-pyrrole nitrogens is 1. The Morgan fingerprint density at radius 3 is 2.60 bits per heavy atom. The van der Waals surface area contributed by atoms with Crippen molar-refractivity contribution < 1.29 is 0 Å². The van der Waals surface area contributed by atoms with Gasteiger partial charge in [-0.2, -0.15) is 0 Å². The summed E-state index contributed by atoms with van der Waals surface area (Å²) in [4.78, 5) is 17.1. The number of nitrogens with zero attached hydrogens (tertiary/aromatic N) is 1. The minimum Gasteiger partial charge on any atom is -0.356 e. The fourth-order valence-electron chi connectivity index (χ4n) is 2.66. The molecule has 0 atom stereocenters. The zero-order chi connectivity index (χ0) is 13.9. The zero-order valence-electron chi connectivity index (χ0n) is 11.6. The fourth-order valence-corrected chi connectivity index (χ4v) is 2.66. The third-order valence-electron chi connectivity index (χ3n) is 3.74. The van der Waals surface area contributed by atoms with Crippen LogP contribution in [-0.2, 0) is 0 Å². The third-order valence-corrected chi connectivity index (χ3v) is 3.74. The second-order valence-corrected chi connectivity index (χ2v) is 5.17. The van der Waals surface area contributed by atoms with Gasteiger partial charge in [0, 0.05) is 32.2 Å². The van der Waals surface area contributed by atoms with E-state index >= 15 is 0 Å². The first-order valence-electron chi connectivity index (χ1n) is 7.00. The minimum absolute atomic E-state index is 0.0423. The van der Waals surface area contributed by atoms with Crippen LogP contribution in [0, 0.1) is 6.92 Å². The van der Waals surface area contributed by atoms with E-state index in [1.165, 1.54) is 5.56 Å².